The average molecular weight is 596 g/mol. The molecule has 0 saturated carbocycles. The van der Waals surface area contributed by atoms with Crippen LogP contribution in [0.2, 0.25) is 0 Å². The summed E-state index contributed by atoms with van der Waals surface area (Å²) in [4.78, 5) is 29.5. The molecule has 5 aromatic rings. The molecule has 1 amide bonds. The second-order valence-corrected chi connectivity index (χ2v) is 9.99. The van der Waals surface area contributed by atoms with Gasteiger partial charge in [-0.05, 0) is 54.4 Å². The lowest BCUT2D eigenvalue weighted by Gasteiger charge is -2.09. The number of benzene rings is 4. The molecule has 4 aromatic carbocycles. The quantitative estimate of drug-likeness (QED) is 0.0994. The number of aromatic amines is 1. The van der Waals surface area contributed by atoms with Gasteiger partial charge in [-0.25, -0.2) is 10.2 Å². The molecule has 1 aliphatic rings. The van der Waals surface area contributed by atoms with Gasteiger partial charge < -0.3 is 19.2 Å². The molecule has 0 radical (unpaired) electrons. The van der Waals surface area contributed by atoms with Crippen LogP contribution in [0.5, 0.6) is 17.2 Å². The lowest BCUT2D eigenvalue weighted by molar-refractivity contribution is 0.0733. The molecule has 1 aromatic heterocycles. The van der Waals surface area contributed by atoms with Crippen LogP contribution in [0, 0.1) is 6.92 Å². The van der Waals surface area contributed by atoms with E-state index in [1.165, 1.54) is 6.21 Å². The lowest BCUT2D eigenvalue weighted by Crippen LogP contribution is -2.19. The Hall–Kier alpha value is -4.89. The minimum absolute atomic E-state index is 0.109. The molecule has 2 heterocycles. The Bertz CT molecular complexity index is 1800. The number of nitrogens with one attached hydrogen (secondary N) is 2. The fourth-order valence-electron chi connectivity index (χ4n) is 4.55. The summed E-state index contributed by atoms with van der Waals surface area (Å²) in [6, 6.07) is 25.7. The van der Waals surface area contributed by atoms with Gasteiger partial charge in [0.05, 0.1) is 11.8 Å². The van der Waals surface area contributed by atoms with E-state index in [-0.39, 0.29) is 12.5 Å². The molecule has 0 fully saturated rings. The van der Waals surface area contributed by atoms with Crippen molar-refractivity contribution in [1.82, 2.24) is 10.4 Å². The highest BCUT2D eigenvalue weighted by Gasteiger charge is 2.21. The Kier molecular flexibility index (Phi) is 6.79. The lowest BCUT2D eigenvalue weighted by atomic mass is 10.0. The van der Waals surface area contributed by atoms with Crippen molar-refractivity contribution >= 4 is 44.9 Å². The molecule has 0 saturated heterocycles. The maximum atomic E-state index is 13.3. The Morgan fingerprint density at radius 1 is 0.975 bits per heavy atom. The van der Waals surface area contributed by atoms with Gasteiger partial charge in [-0.15, -0.1) is 0 Å². The molecule has 6 rings (SSSR count). The van der Waals surface area contributed by atoms with Crippen molar-refractivity contribution in [2.75, 3.05) is 6.79 Å². The van der Waals surface area contributed by atoms with Crippen molar-refractivity contribution in [2.24, 2.45) is 5.10 Å². The van der Waals surface area contributed by atoms with E-state index < -0.39 is 11.9 Å². The summed E-state index contributed by atoms with van der Waals surface area (Å²) in [5.41, 5.74) is 7.44. The number of rotatable bonds is 6. The van der Waals surface area contributed by atoms with E-state index in [1.54, 1.807) is 36.4 Å². The Labute approximate surface area is 237 Å². The largest absolute Gasteiger partial charge is 0.454 e. The molecular weight excluding hydrogens is 574 g/mol. The minimum atomic E-state index is -0.569. The molecule has 0 aliphatic carbocycles. The van der Waals surface area contributed by atoms with Gasteiger partial charge in [-0.3, -0.25) is 4.79 Å². The third kappa shape index (κ3) is 4.94. The molecule has 0 unspecified atom stereocenters. The number of hydrogen-bond donors (Lipinski definition) is 2. The van der Waals surface area contributed by atoms with Crippen LogP contribution in [0.3, 0.4) is 0 Å². The zero-order chi connectivity index (χ0) is 27.6. The smallest absolute Gasteiger partial charge is 0.343 e. The SMILES string of the molecule is Cc1cccc2c(-c3ccccc3)c(C(=O)NN=Cc3cc(Br)ccc3OC(=O)c3ccc4c(c3)OCO4)[nH]c12. The van der Waals surface area contributed by atoms with E-state index in [1.807, 2.05) is 55.5 Å². The highest BCUT2D eigenvalue weighted by Crippen LogP contribution is 2.34. The molecule has 0 atom stereocenters. The first-order valence-corrected chi connectivity index (χ1v) is 13.2. The van der Waals surface area contributed by atoms with E-state index in [2.05, 4.69) is 31.4 Å². The van der Waals surface area contributed by atoms with Crippen molar-refractivity contribution in [2.45, 2.75) is 6.92 Å². The summed E-state index contributed by atoms with van der Waals surface area (Å²) in [7, 11) is 0. The number of ether oxygens (including phenoxy) is 3. The predicted octanol–water partition coefficient (Wildman–Crippen LogP) is 6.62. The highest BCUT2D eigenvalue weighted by molar-refractivity contribution is 9.10. The van der Waals surface area contributed by atoms with E-state index in [0.717, 1.165) is 32.1 Å². The topological polar surface area (TPSA) is 102 Å². The monoisotopic (exact) mass is 595 g/mol. The number of para-hydroxylation sites is 1. The molecule has 198 valence electrons. The molecule has 1 aliphatic heterocycles. The molecule has 40 heavy (non-hydrogen) atoms. The fraction of sp³-hybridized carbons (Fsp3) is 0.0645. The minimum Gasteiger partial charge on any atom is -0.454 e. The Morgan fingerprint density at radius 2 is 1.80 bits per heavy atom. The summed E-state index contributed by atoms with van der Waals surface area (Å²) >= 11 is 3.44. The Balaban J connectivity index is 1.25. The van der Waals surface area contributed by atoms with Gasteiger partial charge in [0, 0.05) is 26.5 Å². The number of aryl methyl sites for hydroxylation is 1. The number of nitrogens with zero attached hydrogens (tertiary/aromatic N) is 1. The second-order valence-electron chi connectivity index (χ2n) is 9.08. The van der Waals surface area contributed by atoms with Gasteiger partial charge >= 0.3 is 5.97 Å². The molecular formula is C31H22BrN3O5. The van der Waals surface area contributed by atoms with Crippen LogP contribution in [0.4, 0.5) is 0 Å². The number of hydrazone groups is 1. The third-order valence-corrected chi connectivity index (χ3v) is 6.98. The molecule has 2 N–H and O–H groups in total. The van der Waals surface area contributed by atoms with Crippen LogP contribution in [-0.2, 0) is 0 Å². The normalized spacial score (nSPS) is 12.2. The number of halogens is 1. The van der Waals surface area contributed by atoms with Crippen LogP contribution in [0.1, 0.15) is 32.0 Å². The first-order chi connectivity index (χ1) is 19.5. The molecule has 8 nitrogen and oxygen atoms in total. The molecule has 0 bridgehead atoms. The summed E-state index contributed by atoms with van der Waals surface area (Å²) in [5, 5.41) is 5.13. The summed E-state index contributed by atoms with van der Waals surface area (Å²) in [5.74, 6) is 0.357. The van der Waals surface area contributed by atoms with E-state index >= 15 is 0 Å². The first kappa shape index (κ1) is 25.4. The summed E-state index contributed by atoms with van der Waals surface area (Å²) < 4.78 is 17.1. The number of amides is 1. The van der Waals surface area contributed by atoms with Gasteiger partial charge in [-0.2, -0.15) is 5.10 Å². The van der Waals surface area contributed by atoms with Crippen molar-refractivity contribution in [3.05, 3.63) is 112 Å². The summed E-state index contributed by atoms with van der Waals surface area (Å²) in [6.45, 7) is 2.10. The van der Waals surface area contributed by atoms with Gasteiger partial charge in [0.15, 0.2) is 11.5 Å². The first-order valence-electron chi connectivity index (χ1n) is 12.4. The van der Waals surface area contributed by atoms with Gasteiger partial charge in [0.2, 0.25) is 6.79 Å². The highest BCUT2D eigenvalue weighted by atomic mass is 79.9. The van der Waals surface area contributed by atoms with Crippen LogP contribution < -0.4 is 19.6 Å². The number of carbonyl (C=O) groups is 2. The average Bonchev–Trinajstić information content (AvgIpc) is 3.60. The van der Waals surface area contributed by atoms with Gasteiger partial charge in [-0.1, -0.05) is 64.5 Å². The zero-order valence-corrected chi connectivity index (χ0v) is 22.8. The van der Waals surface area contributed by atoms with Crippen molar-refractivity contribution in [3.8, 4) is 28.4 Å². The zero-order valence-electron chi connectivity index (χ0n) is 21.2. The molecule has 0 spiro atoms. The van der Waals surface area contributed by atoms with Gasteiger partial charge in [0.1, 0.15) is 11.4 Å². The second kappa shape index (κ2) is 10.7. The number of carbonyl (C=O) groups excluding carboxylic acids is 2. The predicted molar refractivity (Wildman–Crippen MR) is 155 cm³/mol. The maximum absolute atomic E-state index is 13.3. The number of fused-ring (bicyclic) bond motifs is 2. The summed E-state index contributed by atoms with van der Waals surface area (Å²) in [6.07, 6.45) is 1.43. The standard InChI is InChI=1S/C31H22BrN3O5/c1-18-6-5-9-23-27(19-7-3-2-4-8-19)29(34-28(18)23)30(36)35-33-16-21-14-22(32)11-13-24(21)40-31(37)20-10-12-25-26(15-20)39-17-38-25/h2-16,34H,17H2,1H3,(H,35,36). The van der Waals surface area contributed by atoms with Crippen molar-refractivity contribution in [3.63, 3.8) is 0 Å². The maximum Gasteiger partial charge on any atom is 0.343 e. The van der Waals surface area contributed by atoms with E-state index in [0.29, 0.717) is 28.3 Å². The van der Waals surface area contributed by atoms with Gasteiger partial charge in [0.25, 0.3) is 5.91 Å². The number of aromatic nitrogens is 1. The fourth-order valence-corrected chi connectivity index (χ4v) is 4.93. The number of esters is 1. The number of H-pyrrole nitrogens is 1. The van der Waals surface area contributed by atoms with Crippen LogP contribution >= 0.6 is 15.9 Å². The van der Waals surface area contributed by atoms with E-state index in [9.17, 15) is 9.59 Å². The van der Waals surface area contributed by atoms with Crippen LogP contribution in [0.15, 0.2) is 94.5 Å². The van der Waals surface area contributed by atoms with Crippen LogP contribution in [0.25, 0.3) is 22.0 Å². The Morgan fingerprint density at radius 3 is 2.65 bits per heavy atom. The third-order valence-electron chi connectivity index (χ3n) is 6.48. The van der Waals surface area contributed by atoms with Crippen molar-refractivity contribution < 1.29 is 23.8 Å². The van der Waals surface area contributed by atoms with Crippen LogP contribution in [-0.4, -0.2) is 29.9 Å². The van der Waals surface area contributed by atoms with E-state index in [4.69, 9.17) is 14.2 Å². The number of hydrogen-bond acceptors (Lipinski definition) is 6. The van der Waals surface area contributed by atoms with Crippen molar-refractivity contribution in [1.29, 1.82) is 0 Å². The molecule has 9 heteroatoms.